The van der Waals surface area contributed by atoms with Crippen LogP contribution in [0.4, 0.5) is 0 Å². The van der Waals surface area contributed by atoms with Crippen molar-refractivity contribution in [1.29, 1.82) is 0 Å². The summed E-state index contributed by atoms with van der Waals surface area (Å²) in [5.74, 6) is 6.66. The van der Waals surface area contributed by atoms with Crippen LogP contribution in [0.5, 0.6) is 5.75 Å². The molecule has 1 aliphatic heterocycles. The minimum absolute atomic E-state index is 0.0863. The lowest BCUT2D eigenvalue weighted by Gasteiger charge is -2.42. The van der Waals surface area contributed by atoms with Gasteiger partial charge in [0.15, 0.2) is 0 Å². The minimum Gasteiger partial charge on any atom is -0.494 e. The fourth-order valence-corrected chi connectivity index (χ4v) is 2.83. The Morgan fingerprint density at radius 1 is 1.40 bits per heavy atom. The number of nitrogens with two attached hydrogens (primary N) is 1. The highest BCUT2D eigenvalue weighted by atomic mass is 16.5. The first-order chi connectivity index (χ1) is 9.75. The predicted molar refractivity (Wildman–Crippen MR) is 77.5 cm³/mol. The van der Waals surface area contributed by atoms with Crippen molar-refractivity contribution in [3.8, 4) is 5.75 Å². The zero-order chi connectivity index (χ0) is 14.4. The van der Waals surface area contributed by atoms with E-state index in [1.807, 2.05) is 31.2 Å². The second kappa shape index (κ2) is 7.04. The summed E-state index contributed by atoms with van der Waals surface area (Å²) in [5, 5.41) is 0. The first-order valence-corrected chi connectivity index (χ1v) is 7.07. The van der Waals surface area contributed by atoms with Gasteiger partial charge in [0.25, 0.3) is 0 Å². The Morgan fingerprint density at radius 2 is 2.15 bits per heavy atom. The van der Waals surface area contributed by atoms with Crippen molar-refractivity contribution in [2.24, 2.45) is 5.84 Å². The molecule has 1 unspecified atom stereocenters. The highest BCUT2D eigenvalue weighted by Gasteiger charge is 2.41. The molecule has 112 valence electrons. The molecular weight excluding hydrogens is 256 g/mol. The van der Waals surface area contributed by atoms with Crippen LogP contribution in [0.1, 0.15) is 31.4 Å². The molecule has 1 aromatic rings. The molecule has 0 bridgehead atoms. The zero-order valence-corrected chi connectivity index (χ0v) is 12.2. The molecular formula is C15H24N2O3. The molecule has 1 heterocycles. The van der Waals surface area contributed by atoms with Crippen molar-refractivity contribution in [2.45, 2.75) is 31.4 Å². The molecule has 0 aromatic heterocycles. The highest BCUT2D eigenvalue weighted by Crippen LogP contribution is 2.37. The van der Waals surface area contributed by atoms with Gasteiger partial charge in [0.1, 0.15) is 5.75 Å². The van der Waals surface area contributed by atoms with Crippen LogP contribution < -0.4 is 16.0 Å². The first-order valence-electron chi connectivity index (χ1n) is 7.07. The van der Waals surface area contributed by atoms with Crippen molar-refractivity contribution in [1.82, 2.24) is 5.43 Å². The van der Waals surface area contributed by atoms with Crippen molar-refractivity contribution in [3.63, 3.8) is 0 Å². The van der Waals surface area contributed by atoms with Crippen molar-refractivity contribution < 1.29 is 14.2 Å². The number of ether oxygens (including phenoxy) is 3. The molecule has 0 aliphatic carbocycles. The zero-order valence-electron chi connectivity index (χ0n) is 12.2. The minimum atomic E-state index is -0.335. The number of nitrogens with one attached hydrogen (secondary N) is 1. The average molecular weight is 280 g/mol. The van der Waals surface area contributed by atoms with E-state index in [2.05, 4.69) is 5.43 Å². The first kappa shape index (κ1) is 15.3. The topological polar surface area (TPSA) is 65.7 Å². The molecule has 1 saturated heterocycles. The second-order valence-corrected chi connectivity index (χ2v) is 4.99. The largest absolute Gasteiger partial charge is 0.494 e. The van der Waals surface area contributed by atoms with Crippen molar-refractivity contribution in [2.75, 3.05) is 26.9 Å². The molecule has 0 radical (unpaired) electrons. The molecule has 1 atom stereocenters. The summed E-state index contributed by atoms with van der Waals surface area (Å²) in [6, 6.07) is 7.90. The van der Waals surface area contributed by atoms with E-state index in [0.29, 0.717) is 19.8 Å². The molecule has 1 aliphatic rings. The van der Waals surface area contributed by atoms with Gasteiger partial charge in [-0.1, -0.05) is 12.1 Å². The standard InChI is InChI=1S/C15H24N2O3/c1-3-20-13-6-4-5-12(11-13)14(17-16)15(18-2)7-9-19-10-8-15/h4-6,11,14,17H,3,7-10,16H2,1-2H3. The SMILES string of the molecule is CCOc1cccc(C(NN)C2(OC)CCOCC2)c1. The number of hydrogen-bond donors (Lipinski definition) is 2. The Labute approximate surface area is 120 Å². The van der Waals surface area contributed by atoms with Gasteiger partial charge in [0.05, 0.1) is 18.2 Å². The maximum atomic E-state index is 5.82. The van der Waals surface area contributed by atoms with E-state index in [-0.39, 0.29) is 11.6 Å². The van der Waals surface area contributed by atoms with Gasteiger partial charge in [-0.25, -0.2) is 0 Å². The fraction of sp³-hybridized carbons (Fsp3) is 0.600. The van der Waals surface area contributed by atoms with Crippen LogP contribution in [0.25, 0.3) is 0 Å². The Kier molecular flexibility index (Phi) is 5.37. The monoisotopic (exact) mass is 280 g/mol. The summed E-state index contributed by atoms with van der Waals surface area (Å²) < 4.78 is 16.8. The Bertz CT molecular complexity index is 419. The van der Waals surface area contributed by atoms with E-state index in [1.165, 1.54) is 0 Å². The van der Waals surface area contributed by atoms with E-state index >= 15 is 0 Å². The average Bonchev–Trinajstić information content (AvgIpc) is 2.50. The van der Waals surface area contributed by atoms with E-state index in [0.717, 1.165) is 24.2 Å². The van der Waals surface area contributed by atoms with Gasteiger partial charge >= 0.3 is 0 Å². The van der Waals surface area contributed by atoms with Gasteiger partial charge < -0.3 is 14.2 Å². The third-order valence-corrected chi connectivity index (χ3v) is 3.94. The molecule has 5 nitrogen and oxygen atoms in total. The van der Waals surface area contributed by atoms with Crippen molar-refractivity contribution >= 4 is 0 Å². The third-order valence-electron chi connectivity index (χ3n) is 3.94. The van der Waals surface area contributed by atoms with Crippen LogP contribution in [0, 0.1) is 0 Å². The van der Waals surface area contributed by atoms with Gasteiger partial charge in [-0.15, -0.1) is 0 Å². The van der Waals surface area contributed by atoms with Crippen LogP contribution >= 0.6 is 0 Å². The van der Waals surface area contributed by atoms with Gasteiger partial charge in [-0.3, -0.25) is 11.3 Å². The van der Waals surface area contributed by atoms with Gasteiger partial charge in [-0.2, -0.15) is 0 Å². The smallest absolute Gasteiger partial charge is 0.119 e. The Balaban J connectivity index is 2.27. The highest BCUT2D eigenvalue weighted by molar-refractivity contribution is 5.32. The lowest BCUT2D eigenvalue weighted by molar-refractivity contribution is -0.111. The van der Waals surface area contributed by atoms with Crippen LogP contribution in [0.3, 0.4) is 0 Å². The normalized spacial score (nSPS) is 19.6. The summed E-state index contributed by atoms with van der Waals surface area (Å²) in [5.41, 5.74) is 3.65. The molecule has 2 rings (SSSR count). The quantitative estimate of drug-likeness (QED) is 0.614. The van der Waals surface area contributed by atoms with E-state index in [1.54, 1.807) is 7.11 Å². The van der Waals surface area contributed by atoms with E-state index < -0.39 is 0 Å². The molecule has 1 aromatic carbocycles. The van der Waals surface area contributed by atoms with E-state index in [4.69, 9.17) is 20.1 Å². The lowest BCUT2D eigenvalue weighted by atomic mass is 9.82. The summed E-state index contributed by atoms with van der Waals surface area (Å²) in [6.07, 6.45) is 1.63. The number of methoxy groups -OCH3 is 1. The van der Waals surface area contributed by atoms with Crippen LogP contribution in [0.15, 0.2) is 24.3 Å². The molecule has 0 saturated carbocycles. The van der Waals surface area contributed by atoms with Crippen LogP contribution in [-0.4, -0.2) is 32.5 Å². The number of hydrogen-bond acceptors (Lipinski definition) is 5. The molecule has 0 amide bonds. The van der Waals surface area contributed by atoms with Crippen LogP contribution in [0.2, 0.25) is 0 Å². The Morgan fingerprint density at radius 3 is 2.75 bits per heavy atom. The Hall–Kier alpha value is -1.14. The molecule has 20 heavy (non-hydrogen) atoms. The number of hydrazine groups is 1. The number of rotatable bonds is 6. The molecule has 1 fully saturated rings. The molecule has 5 heteroatoms. The van der Waals surface area contributed by atoms with E-state index in [9.17, 15) is 0 Å². The predicted octanol–water partition coefficient (Wildman–Crippen LogP) is 1.79. The van der Waals surface area contributed by atoms with Gasteiger partial charge in [-0.05, 0) is 24.6 Å². The maximum Gasteiger partial charge on any atom is 0.119 e. The van der Waals surface area contributed by atoms with Crippen LogP contribution in [-0.2, 0) is 9.47 Å². The summed E-state index contributed by atoms with van der Waals surface area (Å²) in [7, 11) is 1.74. The van der Waals surface area contributed by atoms with Gasteiger partial charge in [0.2, 0.25) is 0 Å². The summed E-state index contributed by atoms with van der Waals surface area (Å²) in [6.45, 7) is 4.00. The second-order valence-electron chi connectivity index (χ2n) is 4.99. The maximum absolute atomic E-state index is 5.82. The molecule has 0 spiro atoms. The third kappa shape index (κ3) is 3.12. The van der Waals surface area contributed by atoms with Crippen molar-refractivity contribution in [3.05, 3.63) is 29.8 Å². The molecule has 3 N–H and O–H groups in total. The summed E-state index contributed by atoms with van der Waals surface area (Å²) in [4.78, 5) is 0. The number of benzene rings is 1. The lowest BCUT2D eigenvalue weighted by Crippen LogP contribution is -2.51. The summed E-state index contributed by atoms with van der Waals surface area (Å²) >= 11 is 0. The fourth-order valence-electron chi connectivity index (χ4n) is 2.83. The van der Waals surface area contributed by atoms with Gasteiger partial charge in [0, 0.05) is 33.2 Å².